The minimum Gasteiger partial charge on any atom is -0.480 e. The monoisotopic (exact) mass is 219 g/mol. The summed E-state index contributed by atoms with van der Waals surface area (Å²) in [6.07, 6.45) is 5.37. The lowest BCUT2D eigenvalue weighted by Crippen LogP contribution is -2.33. The van der Waals surface area contributed by atoms with Gasteiger partial charge in [-0.1, -0.05) is 42.5 Å². The second kappa shape index (κ2) is 6.80. The molecule has 0 heterocycles. The number of hydrogen-bond acceptors (Lipinski definition) is 2. The molecule has 16 heavy (non-hydrogen) atoms. The molecule has 0 aromatic heterocycles. The van der Waals surface area contributed by atoms with E-state index in [1.54, 1.807) is 7.05 Å². The van der Waals surface area contributed by atoms with E-state index in [1.807, 2.05) is 42.5 Å². The van der Waals surface area contributed by atoms with Gasteiger partial charge in [-0.2, -0.15) is 0 Å². The Hall–Kier alpha value is -1.61. The molecule has 0 amide bonds. The van der Waals surface area contributed by atoms with Gasteiger partial charge in [0.05, 0.1) is 0 Å². The van der Waals surface area contributed by atoms with Crippen LogP contribution in [0.25, 0.3) is 6.08 Å². The predicted octanol–water partition coefficient (Wildman–Crippen LogP) is 2.15. The van der Waals surface area contributed by atoms with Gasteiger partial charge >= 0.3 is 5.97 Å². The summed E-state index contributed by atoms with van der Waals surface area (Å²) in [4.78, 5) is 10.7. The Kier molecular flexibility index (Phi) is 5.29. The fourth-order valence-corrected chi connectivity index (χ4v) is 1.44. The Bertz CT molecular complexity index is 346. The molecule has 0 saturated heterocycles. The molecule has 3 nitrogen and oxygen atoms in total. The van der Waals surface area contributed by atoms with Crippen molar-refractivity contribution in [3.8, 4) is 0 Å². The molecule has 3 heteroatoms. The van der Waals surface area contributed by atoms with E-state index < -0.39 is 12.0 Å². The van der Waals surface area contributed by atoms with Gasteiger partial charge in [0.15, 0.2) is 0 Å². The summed E-state index contributed by atoms with van der Waals surface area (Å²) in [6, 6.07) is 9.51. The standard InChI is InChI=1S/C13H17NO2/c1-14-12(13(15)16)10-6-5-9-11-7-3-2-4-8-11/h2-5,7-9,12,14H,6,10H2,1H3,(H,15,16)/b9-5+. The minimum absolute atomic E-state index is 0.458. The number of carboxylic acids is 1. The fourth-order valence-electron chi connectivity index (χ4n) is 1.44. The zero-order chi connectivity index (χ0) is 11.8. The third-order valence-electron chi connectivity index (χ3n) is 2.38. The van der Waals surface area contributed by atoms with E-state index in [-0.39, 0.29) is 0 Å². The molecular formula is C13H17NO2. The zero-order valence-corrected chi connectivity index (χ0v) is 9.39. The van der Waals surface area contributed by atoms with Crippen molar-refractivity contribution in [2.24, 2.45) is 0 Å². The van der Waals surface area contributed by atoms with E-state index in [9.17, 15) is 4.79 Å². The largest absolute Gasteiger partial charge is 0.480 e. The van der Waals surface area contributed by atoms with Crippen LogP contribution in [-0.4, -0.2) is 24.2 Å². The third-order valence-corrected chi connectivity index (χ3v) is 2.38. The van der Waals surface area contributed by atoms with E-state index >= 15 is 0 Å². The maximum absolute atomic E-state index is 10.7. The molecule has 86 valence electrons. The molecule has 0 radical (unpaired) electrons. The van der Waals surface area contributed by atoms with Crippen molar-refractivity contribution in [1.29, 1.82) is 0 Å². The first-order valence-electron chi connectivity index (χ1n) is 5.35. The number of aliphatic carboxylic acids is 1. The summed E-state index contributed by atoms with van der Waals surface area (Å²) in [5.41, 5.74) is 1.14. The summed E-state index contributed by atoms with van der Waals surface area (Å²) in [5, 5.41) is 11.6. The highest BCUT2D eigenvalue weighted by molar-refractivity contribution is 5.73. The lowest BCUT2D eigenvalue weighted by atomic mass is 10.1. The number of rotatable bonds is 6. The molecule has 0 fully saturated rings. The van der Waals surface area contributed by atoms with Gasteiger partial charge in [-0.25, -0.2) is 0 Å². The Morgan fingerprint density at radius 3 is 2.69 bits per heavy atom. The number of benzene rings is 1. The van der Waals surface area contributed by atoms with Crippen molar-refractivity contribution in [2.75, 3.05) is 7.05 Å². The first kappa shape index (κ1) is 12.5. The Morgan fingerprint density at radius 2 is 2.12 bits per heavy atom. The second-order valence-electron chi connectivity index (χ2n) is 3.57. The molecule has 1 rings (SSSR count). The molecule has 0 aliphatic carbocycles. The van der Waals surface area contributed by atoms with Crippen LogP contribution >= 0.6 is 0 Å². The normalized spacial score (nSPS) is 12.8. The van der Waals surface area contributed by atoms with Crippen LogP contribution in [0.4, 0.5) is 0 Å². The van der Waals surface area contributed by atoms with Crippen molar-refractivity contribution in [2.45, 2.75) is 18.9 Å². The van der Waals surface area contributed by atoms with Crippen LogP contribution in [-0.2, 0) is 4.79 Å². The van der Waals surface area contributed by atoms with Crippen molar-refractivity contribution in [1.82, 2.24) is 5.32 Å². The molecule has 2 N–H and O–H groups in total. The van der Waals surface area contributed by atoms with Crippen LogP contribution in [0.3, 0.4) is 0 Å². The molecule has 0 bridgehead atoms. The van der Waals surface area contributed by atoms with E-state index in [2.05, 4.69) is 5.32 Å². The lowest BCUT2D eigenvalue weighted by Gasteiger charge is -2.08. The summed E-state index contributed by atoms with van der Waals surface area (Å²) in [6.45, 7) is 0. The summed E-state index contributed by atoms with van der Waals surface area (Å²) in [7, 11) is 1.67. The summed E-state index contributed by atoms with van der Waals surface area (Å²) >= 11 is 0. The molecule has 0 spiro atoms. The molecular weight excluding hydrogens is 202 g/mol. The van der Waals surface area contributed by atoms with Crippen molar-refractivity contribution < 1.29 is 9.90 Å². The van der Waals surface area contributed by atoms with E-state index in [4.69, 9.17) is 5.11 Å². The number of carboxylic acid groups (broad SMARTS) is 1. The van der Waals surface area contributed by atoms with Crippen LogP contribution in [0.5, 0.6) is 0 Å². The third kappa shape index (κ3) is 4.28. The van der Waals surface area contributed by atoms with Crippen LogP contribution in [0, 0.1) is 0 Å². The van der Waals surface area contributed by atoms with Gasteiger partial charge in [0.1, 0.15) is 6.04 Å². The molecule has 1 atom stereocenters. The average Bonchev–Trinajstić information content (AvgIpc) is 2.30. The Labute approximate surface area is 95.8 Å². The quantitative estimate of drug-likeness (QED) is 0.770. The average molecular weight is 219 g/mol. The molecule has 1 aromatic carbocycles. The minimum atomic E-state index is -0.796. The number of carbonyl (C=O) groups is 1. The summed E-state index contributed by atoms with van der Waals surface area (Å²) in [5.74, 6) is -0.796. The van der Waals surface area contributed by atoms with Gasteiger partial charge in [0.2, 0.25) is 0 Å². The van der Waals surface area contributed by atoms with Crippen LogP contribution in [0.1, 0.15) is 18.4 Å². The topological polar surface area (TPSA) is 49.3 Å². The van der Waals surface area contributed by atoms with E-state index in [0.29, 0.717) is 6.42 Å². The maximum Gasteiger partial charge on any atom is 0.320 e. The number of likely N-dealkylation sites (N-methyl/N-ethyl adjacent to an activating group) is 1. The number of nitrogens with one attached hydrogen (secondary N) is 1. The van der Waals surface area contributed by atoms with Gasteiger partial charge < -0.3 is 10.4 Å². The highest BCUT2D eigenvalue weighted by atomic mass is 16.4. The molecule has 1 unspecified atom stereocenters. The van der Waals surface area contributed by atoms with Gasteiger partial charge in [0, 0.05) is 0 Å². The van der Waals surface area contributed by atoms with Crippen LogP contribution in [0.15, 0.2) is 36.4 Å². The van der Waals surface area contributed by atoms with Crippen molar-refractivity contribution in [3.63, 3.8) is 0 Å². The lowest BCUT2D eigenvalue weighted by molar-refractivity contribution is -0.139. The van der Waals surface area contributed by atoms with Crippen molar-refractivity contribution in [3.05, 3.63) is 42.0 Å². The van der Waals surface area contributed by atoms with Gasteiger partial charge in [-0.05, 0) is 25.5 Å². The second-order valence-corrected chi connectivity index (χ2v) is 3.57. The summed E-state index contributed by atoms with van der Waals surface area (Å²) < 4.78 is 0. The predicted molar refractivity (Wildman–Crippen MR) is 65.2 cm³/mol. The Balaban J connectivity index is 2.35. The molecule has 0 aliphatic heterocycles. The van der Waals surface area contributed by atoms with Gasteiger partial charge in [-0.15, -0.1) is 0 Å². The zero-order valence-electron chi connectivity index (χ0n) is 9.39. The SMILES string of the molecule is CNC(CC/C=C/c1ccccc1)C(=O)O. The number of hydrogen-bond donors (Lipinski definition) is 2. The fraction of sp³-hybridized carbons (Fsp3) is 0.308. The highest BCUT2D eigenvalue weighted by Crippen LogP contribution is 2.04. The highest BCUT2D eigenvalue weighted by Gasteiger charge is 2.12. The van der Waals surface area contributed by atoms with E-state index in [1.165, 1.54) is 0 Å². The number of allylic oxidation sites excluding steroid dienone is 1. The van der Waals surface area contributed by atoms with E-state index in [0.717, 1.165) is 12.0 Å². The first-order valence-corrected chi connectivity index (χ1v) is 5.35. The Morgan fingerprint density at radius 1 is 1.44 bits per heavy atom. The first-order chi connectivity index (χ1) is 7.74. The van der Waals surface area contributed by atoms with Gasteiger partial charge in [-0.3, -0.25) is 4.79 Å². The molecule has 1 aromatic rings. The van der Waals surface area contributed by atoms with Crippen molar-refractivity contribution >= 4 is 12.0 Å². The molecule has 0 saturated carbocycles. The van der Waals surface area contributed by atoms with Crippen LogP contribution < -0.4 is 5.32 Å². The maximum atomic E-state index is 10.7. The molecule has 0 aliphatic rings. The van der Waals surface area contributed by atoms with Crippen LogP contribution in [0.2, 0.25) is 0 Å². The van der Waals surface area contributed by atoms with Gasteiger partial charge in [0.25, 0.3) is 0 Å². The smallest absolute Gasteiger partial charge is 0.320 e.